The summed E-state index contributed by atoms with van der Waals surface area (Å²) in [6.07, 6.45) is -1.21. The number of ether oxygens (including phenoxy) is 3. The average Bonchev–Trinajstić information content (AvgIpc) is 3.54. The van der Waals surface area contributed by atoms with Crippen molar-refractivity contribution in [3.05, 3.63) is 91.0 Å². The van der Waals surface area contributed by atoms with Gasteiger partial charge in [-0.1, -0.05) is 5.16 Å². The van der Waals surface area contributed by atoms with Crippen molar-refractivity contribution in [2.75, 3.05) is 25.6 Å². The quantitative estimate of drug-likeness (QED) is 0.0424. The number of nitrogen functional groups attached to an aromatic ring is 1. The minimum absolute atomic E-state index is 0.0421. The van der Waals surface area contributed by atoms with E-state index in [1.54, 1.807) is 0 Å². The van der Waals surface area contributed by atoms with E-state index in [9.17, 15) is 44.2 Å². The van der Waals surface area contributed by atoms with E-state index >= 15 is 0 Å². The topological polar surface area (TPSA) is 310 Å². The highest BCUT2D eigenvalue weighted by Crippen LogP contribution is 2.22. The Bertz CT molecular complexity index is 1830. The average molecular weight is 731 g/mol. The molecule has 0 bridgehead atoms. The molecule has 2 aromatic carbocycles. The number of hydrogen-bond donors (Lipinski definition) is 3. The van der Waals surface area contributed by atoms with Gasteiger partial charge < -0.3 is 35.8 Å². The van der Waals surface area contributed by atoms with Crippen molar-refractivity contribution in [2.45, 2.75) is 25.3 Å². The molecule has 0 spiro atoms. The molecular weight excluding hydrogens is 704 g/mol. The summed E-state index contributed by atoms with van der Waals surface area (Å²) in [5.74, 6) is -3.75. The van der Waals surface area contributed by atoms with Crippen LogP contribution in [0, 0.1) is 20.2 Å². The van der Waals surface area contributed by atoms with E-state index < -0.39 is 77.3 Å². The van der Waals surface area contributed by atoms with Crippen LogP contribution in [0.3, 0.4) is 0 Å². The fourth-order valence-corrected chi connectivity index (χ4v) is 4.64. The maximum Gasteiger partial charge on any atom is 0.404 e. The lowest BCUT2D eigenvalue weighted by Gasteiger charge is -2.44. The van der Waals surface area contributed by atoms with Crippen LogP contribution in [0.1, 0.15) is 16.8 Å². The highest BCUT2D eigenvalue weighted by atomic mass is 32.1. The number of anilines is 1. The molecule has 4 rings (SSSR count). The van der Waals surface area contributed by atoms with E-state index in [1.807, 2.05) is 0 Å². The first kappa shape index (κ1) is 37.1. The first-order valence-electron chi connectivity index (χ1n) is 14.2. The second-order valence-corrected chi connectivity index (χ2v) is 10.9. The molecule has 5 N–H and O–H groups in total. The third-order valence-electron chi connectivity index (χ3n) is 6.59. The zero-order valence-electron chi connectivity index (χ0n) is 25.9. The lowest BCUT2D eigenvalue weighted by atomic mass is 9.98. The van der Waals surface area contributed by atoms with Gasteiger partial charge in [0.2, 0.25) is 6.61 Å². The number of aromatic nitrogens is 1. The molecule has 1 aromatic heterocycles. The molecule has 2 heterocycles. The molecule has 0 aliphatic carbocycles. The lowest BCUT2D eigenvalue weighted by Crippen LogP contribution is -2.72. The second-order valence-electron chi connectivity index (χ2n) is 10.0. The molecule has 2 atom stereocenters. The van der Waals surface area contributed by atoms with Gasteiger partial charge in [-0.2, -0.15) is 0 Å². The molecule has 1 fully saturated rings. The number of non-ortho nitro benzene ring substituents is 2. The first-order valence-corrected chi connectivity index (χ1v) is 15.1. The maximum absolute atomic E-state index is 13.3. The maximum atomic E-state index is 13.3. The molecule has 0 unspecified atom stereocenters. The Balaban J connectivity index is 1.34. The minimum Gasteiger partial charge on any atom is -0.459 e. The number of primary amides is 1. The summed E-state index contributed by atoms with van der Waals surface area (Å²) in [5, 5.41) is 29.7. The van der Waals surface area contributed by atoms with Gasteiger partial charge in [0.1, 0.15) is 37.6 Å². The van der Waals surface area contributed by atoms with Crippen molar-refractivity contribution >= 4 is 63.4 Å². The van der Waals surface area contributed by atoms with Gasteiger partial charge in [0, 0.05) is 29.6 Å². The molecule has 1 saturated heterocycles. The van der Waals surface area contributed by atoms with Crippen molar-refractivity contribution < 1.29 is 57.7 Å². The van der Waals surface area contributed by atoms with Gasteiger partial charge >= 0.3 is 18.0 Å². The van der Waals surface area contributed by atoms with Gasteiger partial charge in [0.25, 0.3) is 23.2 Å². The summed E-state index contributed by atoms with van der Waals surface area (Å²) < 4.78 is 14.9. The number of nitro benzene ring substituents is 2. The van der Waals surface area contributed by atoms with Crippen LogP contribution in [0.25, 0.3) is 0 Å². The van der Waals surface area contributed by atoms with Gasteiger partial charge in [-0.05, 0) is 35.4 Å². The summed E-state index contributed by atoms with van der Waals surface area (Å²) in [6, 6.07) is 7.88. The number of nitrogens with one attached hydrogen (secondary N) is 1. The number of nitrogens with zero attached hydrogens (tertiary/aromatic N) is 5. The lowest BCUT2D eigenvalue weighted by molar-refractivity contribution is -0.385. The third kappa shape index (κ3) is 10.4. The minimum atomic E-state index is -1.40. The molecule has 1 aliphatic heterocycles. The van der Waals surface area contributed by atoms with Crippen molar-refractivity contribution in [1.82, 2.24) is 15.4 Å². The summed E-state index contributed by atoms with van der Waals surface area (Å²) in [5.41, 5.74) is 10.7. The molecule has 23 heteroatoms. The molecule has 1 aliphatic rings. The monoisotopic (exact) mass is 730 g/mol. The van der Waals surface area contributed by atoms with Crippen LogP contribution in [0.4, 0.5) is 21.3 Å². The standard InChI is InChI=1S/C28H26N8O14S/c29-27-31-19(14-51-27)23(33-49-12-21(37)46-9-15-1-5-17(6-2-15)35(42)43)25(39)32-24-20(11-48-28(30)41)34(26(24)40)50-13-22(38)47-10-16-3-7-18(8-4-16)36(44)45/h1-8,14,20,24H,9-13H2,(H2,29,31)(H2,30,41)(H,32,39)/t20-,24+/m1/s1. The van der Waals surface area contributed by atoms with E-state index in [0.717, 1.165) is 11.3 Å². The predicted molar refractivity (Wildman–Crippen MR) is 169 cm³/mol. The van der Waals surface area contributed by atoms with E-state index in [2.05, 4.69) is 15.5 Å². The summed E-state index contributed by atoms with van der Waals surface area (Å²) >= 11 is 0.942. The van der Waals surface area contributed by atoms with E-state index in [1.165, 1.54) is 53.9 Å². The molecule has 3 aromatic rings. The Morgan fingerprint density at radius 2 is 1.45 bits per heavy atom. The van der Waals surface area contributed by atoms with Gasteiger partial charge in [0.15, 0.2) is 17.5 Å². The Hall–Kier alpha value is -6.75. The fourth-order valence-electron chi connectivity index (χ4n) is 4.09. The molecule has 22 nitrogen and oxygen atoms in total. The number of rotatable bonds is 17. The SMILES string of the molecule is NC(=O)OC[C@@H]1[C@H](NC(=O)C(=NOCC(=O)OCc2ccc([N+](=O)[O-])cc2)c2csc(N)n2)C(=O)N1OCC(=O)OCc1ccc([N+](=O)[O-])cc1. The van der Waals surface area contributed by atoms with Crippen molar-refractivity contribution in [1.29, 1.82) is 0 Å². The number of hydrogen-bond acceptors (Lipinski definition) is 18. The number of benzene rings is 2. The zero-order valence-corrected chi connectivity index (χ0v) is 26.7. The number of esters is 2. The predicted octanol–water partition coefficient (Wildman–Crippen LogP) is 0.472. The van der Waals surface area contributed by atoms with Crippen molar-refractivity contribution in [3.63, 3.8) is 0 Å². The first-order chi connectivity index (χ1) is 24.3. The van der Waals surface area contributed by atoms with Gasteiger partial charge in [0.05, 0.1) is 9.85 Å². The van der Waals surface area contributed by atoms with E-state index in [-0.39, 0.29) is 35.4 Å². The highest BCUT2D eigenvalue weighted by molar-refractivity contribution is 7.13. The number of thiazole rings is 1. The fraction of sp³-hybridized carbons (Fsp3) is 0.250. The van der Waals surface area contributed by atoms with Crippen LogP contribution in [-0.4, -0.2) is 87.4 Å². The van der Waals surface area contributed by atoms with Gasteiger partial charge in [-0.15, -0.1) is 11.3 Å². The van der Waals surface area contributed by atoms with E-state index in [4.69, 9.17) is 35.4 Å². The number of nitro groups is 2. The summed E-state index contributed by atoms with van der Waals surface area (Å²) in [4.78, 5) is 96.5. The van der Waals surface area contributed by atoms with Crippen molar-refractivity contribution in [3.8, 4) is 0 Å². The van der Waals surface area contributed by atoms with Crippen LogP contribution in [-0.2, 0) is 56.3 Å². The number of hydroxylamine groups is 2. The molecule has 268 valence electrons. The van der Waals surface area contributed by atoms with Crippen LogP contribution in [0.5, 0.6) is 0 Å². The van der Waals surface area contributed by atoms with Crippen molar-refractivity contribution in [2.24, 2.45) is 10.9 Å². The molecule has 3 amide bonds. The number of carbonyl (C=O) groups excluding carboxylic acids is 5. The normalized spacial score (nSPS) is 15.3. The number of β-lactam (4-membered cyclic amide) rings is 1. The summed E-state index contributed by atoms with van der Waals surface area (Å²) in [7, 11) is 0. The van der Waals surface area contributed by atoms with Crippen LogP contribution in [0.15, 0.2) is 59.1 Å². The number of nitrogens with two attached hydrogens (primary N) is 2. The Kier molecular flexibility index (Phi) is 12.4. The highest BCUT2D eigenvalue weighted by Gasteiger charge is 2.51. The Morgan fingerprint density at radius 1 is 0.902 bits per heavy atom. The number of amides is 3. The molecular formula is C28H26N8O14S. The smallest absolute Gasteiger partial charge is 0.404 e. The van der Waals surface area contributed by atoms with E-state index in [0.29, 0.717) is 16.2 Å². The summed E-state index contributed by atoms with van der Waals surface area (Å²) in [6.45, 7) is -2.64. The second kappa shape index (κ2) is 17.1. The van der Waals surface area contributed by atoms with Crippen LogP contribution < -0.4 is 16.8 Å². The van der Waals surface area contributed by atoms with Crippen LogP contribution >= 0.6 is 11.3 Å². The molecule has 0 radical (unpaired) electrons. The Labute approximate surface area is 289 Å². The molecule has 51 heavy (non-hydrogen) atoms. The molecule has 0 saturated carbocycles. The number of carbonyl (C=O) groups is 5. The van der Waals surface area contributed by atoms with Gasteiger partial charge in [-0.25, -0.2) is 24.4 Å². The third-order valence-corrected chi connectivity index (χ3v) is 7.26. The largest absolute Gasteiger partial charge is 0.459 e. The zero-order chi connectivity index (χ0) is 37.1. The van der Waals surface area contributed by atoms with Gasteiger partial charge in [-0.3, -0.25) is 34.7 Å². The Morgan fingerprint density at radius 3 is 1.94 bits per heavy atom. The van der Waals surface area contributed by atoms with Crippen LogP contribution in [0.2, 0.25) is 0 Å². The number of oxime groups is 1.